The third-order valence-corrected chi connectivity index (χ3v) is 12.4. The van der Waals surface area contributed by atoms with E-state index in [-0.39, 0.29) is 87.4 Å². The number of amides is 6. The Hall–Kier alpha value is -6.82. The second-order valence-corrected chi connectivity index (χ2v) is 16.6. The van der Waals surface area contributed by atoms with E-state index < -0.39 is 27.2 Å². The molecule has 3 N–H and O–H groups in total. The van der Waals surface area contributed by atoms with Crippen molar-refractivity contribution in [3.63, 3.8) is 0 Å². The van der Waals surface area contributed by atoms with Gasteiger partial charge < -0.3 is 15.5 Å². The number of primary amides is 1. The van der Waals surface area contributed by atoms with Gasteiger partial charge in [0.25, 0.3) is 17.7 Å². The minimum Gasteiger partial charge on any atom is -0.365 e. The number of fused-ring (bicyclic) bond motifs is 2. The fourth-order valence-electron chi connectivity index (χ4n) is 8.72. The van der Waals surface area contributed by atoms with E-state index in [0.717, 1.165) is 16.2 Å². The molecule has 2 aliphatic heterocycles. The molecule has 13 nitrogen and oxygen atoms in total. The zero-order valence-electron chi connectivity index (χ0n) is 34.1. The number of carbonyl (C=O) groups is 5. The van der Waals surface area contributed by atoms with Crippen LogP contribution >= 0.6 is 23.2 Å². The van der Waals surface area contributed by atoms with Gasteiger partial charge in [0.15, 0.2) is 5.69 Å². The van der Waals surface area contributed by atoms with Crippen LogP contribution in [0.4, 0.5) is 21.0 Å². The molecule has 2 aliphatic rings. The quantitative estimate of drug-likeness (QED) is 0.164. The standard InChI is InChI=1S/C48H41Cl2N7O6/c49-37-28-36(29-38(50)30-37)46(60)55-21-7-25-57(27-23-55,47(61)53-41-13-5-10-33-8-1-3-11-39(33)41)63-48(62)56(42-19-18-34-9-2-4-12-40(34)43(42)44(52)58)24-6-20-54(22-26-56)45(59)35-16-14-32(31-51)15-17-35/h1-5,8-19,28-30H,6-7,20-27H2,(H-2,52,53,58,61)/p+2. The van der Waals surface area contributed by atoms with Gasteiger partial charge in [-0.1, -0.05) is 83.9 Å². The van der Waals surface area contributed by atoms with Crippen molar-refractivity contribution >= 4 is 86.0 Å². The predicted octanol–water partition coefficient (Wildman–Crippen LogP) is 8.77. The minimum atomic E-state index is -0.852. The normalized spacial score (nSPS) is 19.1. The summed E-state index contributed by atoms with van der Waals surface area (Å²) in [6.45, 7) is 0.464. The molecule has 2 atom stereocenters. The van der Waals surface area contributed by atoms with Gasteiger partial charge in [0.2, 0.25) is 0 Å². The first kappa shape index (κ1) is 42.9. The molecule has 6 aromatic rings. The van der Waals surface area contributed by atoms with Crippen LogP contribution in [0.2, 0.25) is 10.0 Å². The summed E-state index contributed by atoms with van der Waals surface area (Å²) in [6.07, 6.45) is -0.282. The SMILES string of the molecule is N#Cc1ccc(C(=O)N2CCC[N+](C(=O)O[N+]3(C(=O)Nc4cccc5ccccc45)CCCN(C(=O)c4cc(Cl)cc(Cl)c4)CC3)(c3ccc4ccccc4c3C(N)=O)CC2)cc1. The number of carbonyl (C=O) groups excluding carboxylic acids is 5. The zero-order chi connectivity index (χ0) is 44.3. The highest BCUT2D eigenvalue weighted by Crippen LogP contribution is 2.37. The molecule has 318 valence electrons. The summed E-state index contributed by atoms with van der Waals surface area (Å²) in [5.74, 6) is -1.41. The van der Waals surface area contributed by atoms with Crippen molar-refractivity contribution in [1.29, 1.82) is 5.26 Å². The predicted molar refractivity (Wildman–Crippen MR) is 242 cm³/mol. The van der Waals surface area contributed by atoms with Crippen LogP contribution in [0.1, 0.15) is 49.5 Å². The van der Waals surface area contributed by atoms with Crippen molar-refractivity contribution in [3.05, 3.63) is 154 Å². The van der Waals surface area contributed by atoms with Crippen LogP contribution in [-0.2, 0) is 4.84 Å². The smallest absolute Gasteiger partial charge is 0.365 e. The molecule has 2 fully saturated rings. The second kappa shape index (κ2) is 17.9. The molecular weight excluding hydrogens is 841 g/mol. The van der Waals surface area contributed by atoms with E-state index >= 15 is 9.59 Å². The Bertz CT molecular complexity index is 2820. The number of nitrogens with zero attached hydrogens (tertiary/aromatic N) is 5. The zero-order valence-corrected chi connectivity index (χ0v) is 35.6. The first-order valence-electron chi connectivity index (χ1n) is 20.6. The third-order valence-electron chi connectivity index (χ3n) is 12.0. The lowest BCUT2D eigenvalue weighted by atomic mass is 10.00. The van der Waals surface area contributed by atoms with Crippen LogP contribution in [0.25, 0.3) is 21.5 Å². The number of hydrogen-bond acceptors (Lipinski definition) is 7. The Morgan fingerprint density at radius 3 is 1.94 bits per heavy atom. The van der Waals surface area contributed by atoms with Crippen LogP contribution in [0.5, 0.6) is 0 Å². The van der Waals surface area contributed by atoms with Crippen LogP contribution in [0.15, 0.2) is 121 Å². The summed E-state index contributed by atoms with van der Waals surface area (Å²) in [4.78, 5) is 82.0. The number of urea groups is 1. The molecule has 0 radical (unpaired) electrons. The van der Waals surface area contributed by atoms with Gasteiger partial charge in [0, 0.05) is 63.9 Å². The number of hydroxylamine groups is 3. The molecule has 8 rings (SSSR count). The van der Waals surface area contributed by atoms with Gasteiger partial charge >= 0.3 is 12.1 Å². The number of hydrogen-bond donors (Lipinski definition) is 2. The average Bonchev–Trinajstić information content (AvgIpc) is 3.66. The highest BCUT2D eigenvalue weighted by Gasteiger charge is 2.54. The van der Waals surface area contributed by atoms with Crippen molar-refractivity contribution in [2.24, 2.45) is 5.73 Å². The molecule has 0 aliphatic carbocycles. The van der Waals surface area contributed by atoms with Crippen molar-refractivity contribution < 1.29 is 33.5 Å². The van der Waals surface area contributed by atoms with E-state index in [4.69, 9.17) is 33.8 Å². The maximum absolute atomic E-state index is 15.6. The highest BCUT2D eigenvalue weighted by molar-refractivity contribution is 6.35. The van der Waals surface area contributed by atoms with Crippen molar-refractivity contribution in [1.82, 2.24) is 14.3 Å². The van der Waals surface area contributed by atoms with Crippen LogP contribution in [0.3, 0.4) is 0 Å². The van der Waals surface area contributed by atoms with E-state index in [1.807, 2.05) is 54.6 Å². The van der Waals surface area contributed by atoms with Gasteiger partial charge in [0.1, 0.15) is 25.2 Å². The fraction of sp³-hybridized carbons (Fsp3) is 0.208. The van der Waals surface area contributed by atoms with Gasteiger partial charge in [-0.05, 0) is 70.0 Å². The van der Waals surface area contributed by atoms with Crippen molar-refractivity contribution in [2.75, 3.05) is 57.7 Å². The molecule has 0 bridgehead atoms. The Morgan fingerprint density at radius 1 is 0.651 bits per heavy atom. The lowest BCUT2D eigenvalue weighted by molar-refractivity contribution is -1.02. The summed E-state index contributed by atoms with van der Waals surface area (Å²) in [6, 6.07) is 36.1. The summed E-state index contributed by atoms with van der Waals surface area (Å²) < 4.78 is -1.43. The van der Waals surface area contributed by atoms with E-state index in [0.29, 0.717) is 38.7 Å². The highest BCUT2D eigenvalue weighted by atomic mass is 35.5. The Balaban J connectivity index is 1.20. The number of anilines is 1. The third kappa shape index (κ3) is 8.54. The topological polar surface area (TPSA) is 163 Å². The summed E-state index contributed by atoms with van der Waals surface area (Å²) in [5.41, 5.74) is 8.12. The summed E-state index contributed by atoms with van der Waals surface area (Å²) in [5, 5.41) is 15.9. The van der Waals surface area contributed by atoms with E-state index in [1.165, 1.54) is 18.2 Å². The number of benzene rings is 6. The molecule has 0 spiro atoms. The number of nitriles is 1. The van der Waals surface area contributed by atoms with Crippen molar-refractivity contribution in [3.8, 4) is 6.07 Å². The van der Waals surface area contributed by atoms with Gasteiger partial charge in [-0.25, -0.2) is 9.63 Å². The molecule has 15 heteroatoms. The Labute approximate surface area is 373 Å². The molecule has 2 unspecified atom stereocenters. The second-order valence-electron chi connectivity index (χ2n) is 15.7. The monoisotopic (exact) mass is 883 g/mol. The molecular formula is C48H43Cl2N7O6+2. The number of nitrogens with one attached hydrogen (secondary N) is 1. The van der Waals surface area contributed by atoms with Crippen LogP contribution in [0, 0.1) is 11.3 Å². The van der Waals surface area contributed by atoms with Gasteiger partial charge in [-0.3, -0.25) is 19.7 Å². The molecule has 2 saturated heterocycles. The molecule has 2 heterocycles. The fourth-order valence-corrected chi connectivity index (χ4v) is 9.24. The number of halogens is 2. The van der Waals surface area contributed by atoms with E-state index in [9.17, 15) is 19.6 Å². The van der Waals surface area contributed by atoms with Gasteiger partial charge in [-0.15, -0.1) is 0 Å². The molecule has 0 saturated carbocycles. The number of nitrogens with two attached hydrogens (primary N) is 1. The van der Waals surface area contributed by atoms with Crippen LogP contribution < -0.4 is 15.5 Å². The van der Waals surface area contributed by atoms with Crippen LogP contribution in [-0.4, -0.2) is 96.7 Å². The maximum Gasteiger partial charge on any atom is 0.571 e. The summed E-state index contributed by atoms with van der Waals surface area (Å²) in [7, 11) is 0. The Kier molecular flexibility index (Phi) is 12.2. The first-order valence-corrected chi connectivity index (χ1v) is 21.3. The van der Waals surface area contributed by atoms with E-state index in [2.05, 4.69) is 11.4 Å². The summed E-state index contributed by atoms with van der Waals surface area (Å²) >= 11 is 12.6. The first-order chi connectivity index (χ1) is 30.4. The molecule has 6 aromatic carbocycles. The average molecular weight is 885 g/mol. The minimum absolute atomic E-state index is 0.00782. The lowest BCUT2D eigenvalue weighted by Crippen LogP contribution is -2.64. The molecule has 0 aromatic heterocycles. The number of rotatable bonds is 5. The molecule has 6 amide bonds. The largest absolute Gasteiger partial charge is 0.571 e. The van der Waals surface area contributed by atoms with Gasteiger partial charge in [-0.2, -0.15) is 14.5 Å². The Morgan fingerprint density at radius 2 is 1.25 bits per heavy atom. The lowest BCUT2D eigenvalue weighted by Gasteiger charge is -2.37. The number of quaternary nitrogens is 2. The van der Waals surface area contributed by atoms with Crippen molar-refractivity contribution in [2.45, 2.75) is 12.8 Å². The maximum atomic E-state index is 15.6. The van der Waals surface area contributed by atoms with E-state index in [1.54, 1.807) is 58.3 Å². The molecule has 63 heavy (non-hydrogen) atoms. The van der Waals surface area contributed by atoms with Gasteiger partial charge in [0.05, 0.1) is 37.0 Å².